The molecular formula is C13H17ClN2O3. The number of amides is 1. The van der Waals surface area contributed by atoms with Crippen LogP contribution in [0, 0.1) is 0 Å². The van der Waals surface area contributed by atoms with E-state index in [1.54, 1.807) is 12.1 Å². The fraction of sp³-hybridized carbons (Fsp3) is 0.462. The van der Waals surface area contributed by atoms with Crippen molar-refractivity contribution in [3.05, 3.63) is 22.7 Å². The van der Waals surface area contributed by atoms with Gasteiger partial charge in [0.2, 0.25) is 0 Å². The summed E-state index contributed by atoms with van der Waals surface area (Å²) in [6.45, 7) is 0.206. The smallest absolute Gasteiger partial charge is 0.258 e. The first-order valence-electron chi connectivity index (χ1n) is 6.12. The Morgan fingerprint density at radius 1 is 1.53 bits per heavy atom. The van der Waals surface area contributed by atoms with E-state index in [2.05, 4.69) is 5.32 Å². The molecule has 6 heteroatoms. The first-order chi connectivity index (χ1) is 9.13. The quantitative estimate of drug-likeness (QED) is 0.829. The summed E-state index contributed by atoms with van der Waals surface area (Å²) in [7, 11) is 1.52. The maximum Gasteiger partial charge on any atom is 0.258 e. The Kier molecular flexibility index (Phi) is 4.50. The van der Waals surface area contributed by atoms with Crippen LogP contribution in [0.1, 0.15) is 18.4 Å². The van der Waals surface area contributed by atoms with E-state index in [-0.39, 0.29) is 19.1 Å². The summed E-state index contributed by atoms with van der Waals surface area (Å²) in [6.07, 6.45) is 2.09. The van der Waals surface area contributed by atoms with Crippen molar-refractivity contribution in [2.75, 3.05) is 13.7 Å². The van der Waals surface area contributed by atoms with Crippen LogP contribution in [0.3, 0.4) is 0 Å². The summed E-state index contributed by atoms with van der Waals surface area (Å²) in [4.78, 5) is 11.6. The van der Waals surface area contributed by atoms with Gasteiger partial charge in [-0.3, -0.25) is 4.79 Å². The highest BCUT2D eigenvalue weighted by Gasteiger charge is 2.23. The van der Waals surface area contributed by atoms with Gasteiger partial charge in [0.05, 0.1) is 7.11 Å². The highest BCUT2D eigenvalue weighted by molar-refractivity contribution is 6.30. The third kappa shape index (κ3) is 3.75. The van der Waals surface area contributed by atoms with Gasteiger partial charge in [-0.2, -0.15) is 0 Å². The van der Waals surface area contributed by atoms with Crippen LogP contribution in [-0.4, -0.2) is 25.7 Å². The zero-order chi connectivity index (χ0) is 13.8. The molecule has 1 fully saturated rings. The van der Waals surface area contributed by atoms with Crippen molar-refractivity contribution in [2.24, 2.45) is 5.73 Å². The maximum absolute atomic E-state index is 11.6. The normalized spacial score (nSPS) is 14.1. The van der Waals surface area contributed by atoms with Gasteiger partial charge in [0, 0.05) is 29.2 Å². The monoisotopic (exact) mass is 284 g/mol. The predicted octanol–water partition coefficient (Wildman–Crippen LogP) is 1.46. The van der Waals surface area contributed by atoms with Crippen molar-refractivity contribution in [3.63, 3.8) is 0 Å². The minimum absolute atomic E-state index is 0.0541. The second-order valence-corrected chi connectivity index (χ2v) is 4.87. The van der Waals surface area contributed by atoms with Gasteiger partial charge in [0.25, 0.3) is 5.91 Å². The first-order valence-corrected chi connectivity index (χ1v) is 6.50. The second kappa shape index (κ2) is 6.12. The van der Waals surface area contributed by atoms with Crippen LogP contribution in [0.25, 0.3) is 0 Å². The molecule has 2 rings (SSSR count). The molecule has 104 valence electrons. The molecule has 19 heavy (non-hydrogen) atoms. The van der Waals surface area contributed by atoms with Crippen LogP contribution in [-0.2, 0) is 11.3 Å². The fourth-order valence-corrected chi connectivity index (χ4v) is 1.96. The standard InChI is InChI=1S/C13H17ClN2O3/c1-18-11-5-9(14)4-8(6-15)13(11)19-7-12(17)16-10-2-3-10/h4-5,10H,2-3,6-7,15H2,1H3,(H,16,17). The number of nitrogens with two attached hydrogens (primary N) is 1. The second-order valence-electron chi connectivity index (χ2n) is 4.43. The van der Waals surface area contributed by atoms with Gasteiger partial charge < -0.3 is 20.5 Å². The van der Waals surface area contributed by atoms with E-state index in [9.17, 15) is 4.79 Å². The van der Waals surface area contributed by atoms with Crippen LogP contribution >= 0.6 is 11.6 Å². The van der Waals surface area contributed by atoms with Gasteiger partial charge in [0.1, 0.15) is 0 Å². The number of carbonyl (C=O) groups excluding carboxylic acids is 1. The first kappa shape index (κ1) is 14.0. The Balaban J connectivity index is 2.06. The maximum atomic E-state index is 11.6. The average molecular weight is 285 g/mol. The highest BCUT2D eigenvalue weighted by atomic mass is 35.5. The lowest BCUT2D eigenvalue weighted by Crippen LogP contribution is -2.30. The molecule has 1 aliphatic carbocycles. The molecule has 0 atom stereocenters. The molecular weight excluding hydrogens is 268 g/mol. The molecule has 0 bridgehead atoms. The van der Waals surface area contributed by atoms with E-state index in [1.165, 1.54) is 7.11 Å². The van der Waals surface area contributed by atoms with Crippen molar-refractivity contribution in [1.82, 2.24) is 5.32 Å². The zero-order valence-electron chi connectivity index (χ0n) is 10.7. The fourth-order valence-electron chi connectivity index (χ4n) is 1.72. The van der Waals surface area contributed by atoms with Gasteiger partial charge in [-0.05, 0) is 18.9 Å². The Morgan fingerprint density at radius 3 is 2.84 bits per heavy atom. The molecule has 0 unspecified atom stereocenters. The summed E-state index contributed by atoms with van der Waals surface area (Å²) < 4.78 is 10.7. The Hall–Kier alpha value is -1.46. The van der Waals surface area contributed by atoms with Crippen molar-refractivity contribution < 1.29 is 14.3 Å². The van der Waals surface area contributed by atoms with Crippen molar-refractivity contribution in [3.8, 4) is 11.5 Å². The molecule has 1 saturated carbocycles. The molecule has 1 amide bonds. The highest BCUT2D eigenvalue weighted by Crippen LogP contribution is 2.34. The van der Waals surface area contributed by atoms with E-state index in [0.29, 0.717) is 28.1 Å². The van der Waals surface area contributed by atoms with Crippen molar-refractivity contribution >= 4 is 17.5 Å². The number of benzene rings is 1. The molecule has 0 heterocycles. The molecule has 0 saturated heterocycles. The summed E-state index contributed by atoms with van der Waals surface area (Å²) in [5.41, 5.74) is 6.36. The van der Waals surface area contributed by atoms with Gasteiger partial charge in [-0.1, -0.05) is 11.6 Å². The molecule has 1 aliphatic rings. The molecule has 0 radical (unpaired) electrons. The van der Waals surface area contributed by atoms with E-state index < -0.39 is 0 Å². The number of ether oxygens (including phenoxy) is 2. The SMILES string of the molecule is COc1cc(Cl)cc(CN)c1OCC(=O)NC1CC1. The lowest BCUT2D eigenvalue weighted by molar-refractivity contribution is -0.123. The number of hydrogen-bond donors (Lipinski definition) is 2. The van der Waals surface area contributed by atoms with Crippen LogP contribution in [0.15, 0.2) is 12.1 Å². The number of carbonyl (C=O) groups is 1. The predicted molar refractivity (Wildman–Crippen MR) is 72.6 cm³/mol. The summed E-state index contributed by atoms with van der Waals surface area (Å²) in [5, 5.41) is 3.37. The van der Waals surface area contributed by atoms with Crippen LogP contribution in [0.4, 0.5) is 0 Å². The summed E-state index contributed by atoms with van der Waals surface area (Å²) >= 11 is 5.95. The zero-order valence-corrected chi connectivity index (χ0v) is 11.5. The van der Waals surface area contributed by atoms with E-state index in [1.807, 2.05) is 0 Å². The average Bonchev–Trinajstić information content (AvgIpc) is 3.19. The number of halogens is 1. The summed E-state index contributed by atoms with van der Waals surface area (Å²) in [5.74, 6) is 0.815. The lowest BCUT2D eigenvalue weighted by atomic mass is 10.2. The van der Waals surface area contributed by atoms with Gasteiger partial charge in [-0.15, -0.1) is 0 Å². The molecule has 3 N–H and O–H groups in total. The number of hydrogen-bond acceptors (Lipinski definition) is 4. The Labute approximate surface area is 117 Å². The van der Waals surface area contributed by atoms with E-state index >= 15 is 0 Å². The summed E-state index contributed by atoms with van der Waals surface area (Å²) in [6, 6.07) is 3.66. The molecule has 0 aromatic heterocycles. The van der Waals surface area contributed by atoms with Gasteiger partial charge >= 0.3 is 0 Å². The Morgan fingerprint density at radius 2 is 2.26 bits per heavy atom. The van der Waals surface area contributed by atoms with Crippen molar-refractivity contribution in [1.29, 1.82) is 0 Å². The van der Waals surface area contributed by atoms with Crippen molar-refractivity contribution in [2.45, 2.75) is 25.4 Å². The number of methoxy groups -OCH3 is 1. The van der Waals surface area contributed by atoms with Gasteiger partial charge in [0.15, 0.2) is 18.1 Å². The van der Waals surface area contributed by atoms with Crippen LogP contribution in [0.5, 0.6) is 11.5 Å². The molecule has 5 nitrogen and oxygen atoms in total. The molecule has 1 aromatic rings. The van der Waals surface area contributed by atoms with Crippen LogP contribution < -0.4 is 20.5 Å². The van der Waals surface area contributed by atoms with E-state index in [4.69, 9.17) is 26.8 Å². The van der Waals surface area contributed by atoms with Crippen LogP contribution in [0.2, 0.25) is 5.02 Å². The third-order valence-corrected chi connectivity index (χ3v) is 3.04. The molecule has 0 aliphatic heterocycles. The van der Waals surface area contributed by atoms with E-state index in [0.717, 1.165) is 12.8 Å². The third-order valence-electron chi connectivity index (χ3n) is 2.83. The largest absolute Gasteiger partial charge is 0.493 e. The minimum Gasteiger partial charge on any atom is -0.493 e. The Bertz CT molecular complexity index is 450. The number of rotatable bonds is 6. The molecule has 0 spiro atoms. The topological polar surface area (TPSA) is 73.6 Å². The minimum atomic E-state index is -0.137. The lowest BCUT2D eigenvalue weighted by Gasteiger charge is -2.14. The number of nitrogens with one attached hydrogen (secondary N) is 1. The van der Waals surface area contributed by atoms with Gasteiger partial charge in [-0.25, -0.2) is 0 Å². The molecule has 1 aromatic carbocycles.